The topological polar surface area (TPSA) is 78.9 Å². The van der Waals surface area contributed by atoms with Gasteiger partial charge in [0.15, 0.2) is 6.10 Å². The Morgan fingerprint density at radius 1 is 0.349 bits per heavy atom. The molecule has 0 spiro atoms. The van der Waals surface area contributed by atoms with Gasteiger partial charge >= 0.3 is 17.9 Å². The van der Waals surface area contributed by atoms with Gasteiger partial charge in [0.25, 0.3) is 0 Å². The van der Waals surface area contributed by atoms with E-state index in [0.29, 0.717) is 19.3 Å². The first-order chi connectivity index (χ1) is 31.0. The third kappa shape index (κ3) is 49.2. The molecule has 0 aliphatic rings. The van der Waals surface area contributed by atoms with E-state index in [1.807, 2.05) is 36.5 Å². The van der Waals surface area contributed by atoms with Crippen LogP contribution in [0.2, 0.25) is 0 Å². The molecule has 6 heteroatoms. The molecule has 0 bridgehead atoms. The maximum atomic E-state index is 12.8. The van der Waals surface area contributed by atoms with Crippen molar-refractivity contribution in [3.8, 4) is 0 Å². The van der Waals surface area contributed by atoms with Gasteiger partial charge < -0.3 is 14.2 Å². The van der Waals surface area contributed by atoms with Crippen LogP contribution < -0.4 is 0 Å². The summed E-state index contributed by atoms with van der Waals surface area (Å²) in [5.41, 5.74) is 0. The van der Waals surface area contributed by atoms with Crippen molar-refractivity contribution in [1.82, 2.24) is 0 Å². The van der Waals surface area contributed by atoms with Crippen LogP contribution >= 0.6 is 0 Å². The highest BCUT2D eigenvalue weighted by Crippen LogP contribution is 2.14. The number of hydrogen-bond acceptors (Lipinski definition) is 6. The van der Waals surface area contributed by atoms with Gasteiger partial charge in [-0.2, -0.15) is 0 Å². The maximum absolute atomic E-state index is 12.8. The molecule has 0 radical (unpaired) electrons. The molecular formula is C57H94O6. The van der Waals surface area contributed by atoms with Gasteiger partial charge in [0.2, 0.25) is 0 Å². The van der Waals surface area contributed by atoms with Gasteiger partial charge in [0.05, 0.1) is 0 Å². The summed E-state index contributed by atoms with van der Waals surface area (Å²) >= 11 is 0. The Balaban J connectivity index is 4.43. The van der Waals surface area contributed by atoms with Crippen molar-refractivity contribution < 1.29 is 28.6 Å². The average Bonchev–Trinajstić information content (AvgIpc) is 3.28. The van der Waals surface area contributed by atoms with Crippen LogP contribution in [0.1, 0.15) is 226 Å². The fourth-order valence-corrected chi connectivity index (χ4v) is 6.81. The Hall–Kier alpha value is -3.67. The minimum Gasteiger partial charge on any atom is -0.462 e. The zero-order valence-corrected chi connectivity index (χ0v) is 40.8. The highest BCUT2D eigenvalue weighted by Gasteiger charge is 2.19. The number of allylic oxidation sites excluding steroid dienone is 16. The van der Waals surface area contributed by atoms with Gasteiger partial charge in [0, 0.05) is 19.3 Å². The van der Waals surface area contributed by atoms with Gasteiger partial charge in [-0.05, 0) is 96.3 Å². The standard InChI is InChI=1S/C57H94O6/c1-4-7-10-13-16-19-22-25-26-27-28-29-30-33-35-38-41-44-47-50-56(59)62-53-54(63-57(60)51-48-45-42-39-36-32-24-21-18-15-12-9-6-3)52-61-55(58)49-46-43-40-37-34-31-23-20-17-14-11-8-5-2/h7,9-10,12,15-16,18-19,21,24-26,31-32,34,36,54H,4-6,8,11,13-14,17,20,22-23,27-30,33,35,37-53H2,1-3H3/b10-7+,12-9+,18-15+,19-16+,24-21+,26-25+,34-31+,36-32+. The van der Waals surface area contributed by atoms with Gasteiger partial charge in [0.1, 0.15) is 13.2 Å². The van der Waals surface area contributed by atoms with Crippen LogP contribution in [0.15, 0.2) is 97.2 Å². The Morgan fingerprint density at radius 3 is 1.19 bits per heavy atom. The normalized spacial score (nSPS) is 12.9. The average molecular weight is 875 g/mol. The number of rotatable bonds is 45. The van der Waals surface area contributed by atoms with E-state index in [1.165, 1.54) is 83.5 Å². The summed E-state index contributed by atoms with van der Waals surface area (Å²) in [4.78, 5) is 37.9. The lowest BCUT2D eigenvalue weighted by Crippen LogP contribution is -2.30. The summed E-state index contributed by atoms with van der Waals surface area (Å²) in [6, 6.07) is 0. The molecule has 0 amide bonds. The van der Waals surface area contributed by atoms with Crippen LogP contribution in [0.5, 0.6) is 0 Å². The van der Waals surface area contributed by atoms with Crippen LogP contribution in [0.3, 0.4) is 0 Å². The summed E-state index contributed by atoms with van der Waals surface area (Å²) in [5.74, 6) is -0.967. The third-order valence-electron chi connectivity index (χ3n) is 10.6. The monoisotopic (exact) mass is 875 g/mol. The quantitative estimate of drug-likeness (QED) is 0.0199. The molecule has 1 atom stereocenters. The second kappa shape index (κ2) is 51.0. The van der Waals surface area contributed by atoms with Crippen LogP contribution in [0.25, 0.3) is 0 Å². The van der Waals surface area contributed by atoms with Crippen molar-refractivity contribution in [3.63, 3.8) is 0 Å². The molecule has 0 rings (SSSR count). The summed E-state index contributed by atoms with van der Waals surface area (Å²) in [6.45, 7) is 6.32. The van der Waals surface area contributed by atoms with E-state index in [0.717, 1.165) is 96.3 Å². The van der Waals surface area contributed by atoms with Crippen LogP contribution in [0.4, 0.5) is 0 Å². The summed E-state index contributed by atoms with van der Waals surface area (Å²) in [6.07, 6.45) is 66.8. The maximum Gasteiger partial charge on any atom is 0.306 e. The molecule has 0 saturated heterocycles. The second-order valence-corrected chi connectivity index (χ2v) is 16.8. The van der Waals surface area contributed by atoms with Crippen molar-refractivity contribution in [3.05, 3.63) is 97.2 Å². The third-order valence-corrected chi connectivity index (χ3v) is 10.6. The zero-order valence-electron chi connectivity index (χ0n) is 40.8. The number of ether oxygens (including phenoxy) is 3. The molecule has 0 aliphatic carbocycles. The van der Waals surface area contributed by atoms with Crippen molar-refractivity contribution in [2.24, 2.45) is 0 Å². The lowest BCUT2D eigenvalue weighted by molar-refractivity contribution is -0.167. The van der Waals surface area contributed by atoms with Crippen LogP contribution in [-0.2, 0) is 28.6 Å². The van der Waals surface area contributed by atoms with Gasteiger partial charge in [-0.1, -0.05) is 208 Å². The van der Waals surface area contributed by atoms with Crippen LogP contribution in [0, 0.1) is 0 Å². The predicted molar refractivity (Wildman–Crippen MR) is 270 cm³/mol. The van der Waals surface area contributed by atoms with Crippen LogP contribution in [-0.4, -0.2) is 37.2 Å². The van der Waals surface area contributed by atoms with E-state index < -0.39 is 6.10 Å². The molecule has 358 valence electrons. The number of carbonyl (C=O) groups is 3. The lowest BCUT2D eigenvalue weighted by Gasteiger charge is -2.18. The first-order valence-corrected chi connectivity index (χ1v) is 25.8. The lowest BCUT2D eigenvalue weighted by atomic mass is 10.1. The number of carbonyl (C=O) groups excluding carboxylic acids is 3. The SMILES string of the molecule is CC/C=C/C=C/C=C/C=C/CCCCCC(=O)OC(COC(=O)CCCCC/C=C/CCCCCCCC)COC(=O)CCCCCCCCCCC/C=C/C/C=C/C/C=C/CC. The summed E-state index contributed by atoms with van der Waals surface area (Å²) in [7, 11) is 0. The minimum absolute atomic E-state index is 0.102. The Kier molecular flexibility index (Phi) is 48.0. The minimum atomic E-state index is -0.806. The zero-order chi connectivity index (χ0) is 45.8. The highest BCUT2D eigenvalue weighted by atomic mass is 16.6. The van der Waals surface area contributed by atoms with E-state index >= 15 is 0 Å². The Labute approximate surface area is 387 Å². The smallest absolute Gasteiger partial charge is 0.306 e. The van der Waals surface area contributed by atoms with E-state index in [-0.39, 0.29) is 37.5 Å². The van der Waals surface area contributed by atoms with E-state index in [4.69, 9.17) is 14.2 Å². The molecule has 1 unspecified atom stereocenters. The molecule has 0 N–H and O–H groups in total. The molecular weight excluding hydrogens is 781 g/mol. The molecule has 0 aromatic carbocycles. The molecule has 0 aromatic rings. The molecule has 0 heterocycles. The van der Waals surface area contributed by atoms with E-state index in [2.05, 4.69) is 81.5 Å². The largest absolute Gasteiger partial charge is 0.462 e. The number of unbranched alkanes of at least 4 members (excludes halogenated alkanes) is 21. The van der Waals surface area contributed by atoms with Crippen molar-refractivity contribution in [1.29, 1.82) is 0 Å². The van der Waals surface area contributed by atoms with Gasteiger partial charge in [-0.25, -0.2) is 0 Å². The Bertz CT molecular complexity index is 1280. The molecule has 63 heavy (non-hydrogen) atoms. The molecule has 0 aromatic heterocycles. The summed E-state index contributed by atoms with van der Waals surface area (Å²) < 4.78 is 16.7. The van der Waals surface area contributed by atoms with Gasteiger partial charge in [-0.15, -0.1) is 0 Å². The second-order valence-electron chi connectivity index (χ2n) is 16.8. The van der Waals surface area contributed by atoms with E-state index in [1.54, 1.807) is 0 Å². The molecule has 0 aliphatic heterocycles. The first kappa shape index (κ1) is 59.3. The molecule has 0 fully saturated rings. The van der Waals surface area contributed by atoms with Crippen molar-refractivity contribution in [2.45, 2.75) is 232 Å². The predicted octanol–water partition coefficient (Wildman–Crippen LogP) is 17.0. The Morgan fingerprint density at radius 2 is 0.698 bits per heavy atom. The first-order valence-electron chi connectivity index (χ1n) is 25.8. The van der Waals surface area contributed by atoms with Crippen molar-refractivity contribution >= 4 is 17.9 Å². The highest BCUT2D eigenvalue weighted by molar-refractivity contribution is 5.71. The van der Waals surface area contributed by atoms with Crippen molar-refractivity contribution in [2.75, 3.05) is 13.2 Å². The number of esters is 3. The van der Waals surface area contributed by atoms with E-state index in [9.17, 15) is 14.4 Å². The molecule has 6 nitrogen and oxygen atoms in total. The fourth-order valence-electron chi connectivity index (χ4n) is 6.81. The fraction of sp³-hybridized carbons (Fsp3) is 0.667. The molecule has 0 saturated carbocycles. The summed E-state index contributed by atoms with van der Waals surface area (Å²) in [5, 5.41) is 0. The van der Waals surface area contributed by atoms with Gasteiger partial charge in [-0.3, -0.25) is 14.4 Å². The number of hydrogen-bond donors (Lipinski definition) is 0.